The van der Waals surface area contributed by atoms with Gasteiger partial charge in [-0.2, -0.15) is 26.3 Å². The molecule has 2 N–H and O–H groups in total. The van der Waals surface area contributed by atoms with Crippen molar-refractivity contribution in [1.82, 2.24) is 10.3 Å². The summed E-state index contributed by atoms with van der Waals surface area (Å²) in [5.74, 6) is -0.749. The molecule has 3 aromatic rings. The zero-order valence-corrected chi connectivity index (χ0v) is 23.5. The molecular weight excluding hydrogens is 565 g/mol. The smallest absolute Gasteiger partial charge is 0.368 e. The van der Waals surface area contributed by atoms with E-state index >= 15 is 0 Å². The van der Waals surface area contributed by atoms with Crippen LogP contribution in [0.5, 0.6) is 0 Å². The molecule has 1 aliphatic heterocycles. The molecule has 0 radical (unpaired) electrons. The van der Waals surface area contributed by atoms with Crippen LogP contribution in [0.25, 0.3) is 11.1 Å². The molecule has 1 saturated heterocycles. The fraction of sp³-hybridized carbons (Fsp3) is 0.400. The SMILES string of the molecule is Cc1cc(F)ccc1-c1cc(NCC2CCCN2)ncc1N(C)C(=O)C(C)(C)c1cc(C(F)(F)F)cc(C(F)(F)F)c1. The molecule has 2 heterocycles. The average molecular weight is 597 g/mol. The number of pyridine rings is 1. The van der Waals surface area contributed by atoms with Crippen molar-refractivity contribution >= 4 is 17.4 Å². The molecule has 1 atom stereocenters. The number of anilines is 2. The van der Waals surface area contributed by atoms with E-state index in [0.717, 1.165) is 24.3 Å². The molecule has 42 heavy (non-hydrogen) atoms. The highest BCUT2D eigenvalue weighted by molar-refractivity contribution is 6.03. The highest BCUT2D eigenvalue weighted by Crippen LogP contribution is 2.41. The predicted molar refractivity (Wildman–Crippen MR) is 147 cm³/mol. The zero-order chi connectivity index (χ0) is 31.0. The molecule has 1 aromatic heterocycles. The quantitative estimate of drug-likeness (QED) is 0.281. The Morgan fingerprint density at radius 2 is 1.60 bits per heavy atom. The molecule has 226 valence electrons. The molecule has 4 rings (SSSR count). The number of benzene rings is 2. The minimum atomic E-state index is -5.06. The van der Waals surface area contributed by atoms with E-state index in [1.165, 1.54) is 45.3 Å². The molecule has 1 unspecified atom stereocenters. The Kier molecular flexibility index (Phi) is 8.59. The second-order valence-electron chi connectivity index (χ2n) is 11.0. The van der Waals surface area contributed by atoms with Crippen molar-refractivity contribution in [3.8, 4) is 11.1 Å². The number of carbonyl (C=O) groups is 1. The van der Waals surface area contributed by atoms with Gasteiger partial charge in [-0.05, 0) is 93.2 Å². The topological polar surface area (TPSA) is 57.3 Å². The number of alkyl halides is 6. The number of aryl methyl sites for hydroxylation is 1. The Balaban J connectivity index is 1.76. The fourth-order valence-corrected chi connectivity index (χ4v) is 5.08. The van der Waals surface area contributed by atoms with Gasteiger partial charge in [0.1, 0.15) is 11.6 Å². The van der Waals surface area contributed by atoms with E-state index in [-0.39, 0.29) is 17.8 Å². The van der Waals surface area contributed by atoms with Crippen LogP contribution in [0.4, 0.5) is 42.2 Å². The van der Waals surface area contributed by atoms with Crippen molar-refractivity contribution in [3.05, 3.63) is 76.7 Å². The third-order valence-electron chi connectivity index (χ3n) is 7.56. The summed E-state index contributed by atoms with van der Waals surface area (Å²) >= 11 is 0. The van der Waals surface area contributed by atoms with Gasteiger partial charge in [-0.3, -0.25) is 4.79 Å². The summed E-state index contributed by atoms with van der Waals surface area (Å²) in [5.41, 5.74) is -3.41. The molecular formula is C30H31F7N4O. The van der Waals surface area contributed by atoms with Crippen LogP contribution < -0.4 is 15.5 Å². The molecule has 5 nitrogen and oxygen atoms in total. The average Bonchev–Trinajstić information content (AvgIpc) is 3.43. The number of hydrogen-bond acceptors (Lipinski definition) is 4. The minimum Gasteiger partial charge on any atom is -0.368 e. The normalized spacial score (nSPS) is 16.0. The van der Waals surface area contributed by atoms with Crippen molar-refractivity contribution in [2.75, 3.05) is 30.4 Å². The number of aromatic nitrogens is 1. The summed E-state index contributed by atoms with van der Waals surface area (Å²) in [4.78, 5) is 19.4. The van der Waals surface area contributed by atoms with Crippen LogP contribution in [0, 0.1) is 12.7 Å². The van der Waals surface area contributed by atoms with Crippen LogP contribution in [-0.4, -0.2) is 37.1 Å². The maximum absolute atomic E-state index is 13.9. The molecule has 0 bridgehead atoms. The van der Waals surface area contributed by atoms with Crippen LogP contribution in [0.2, 0.25) is 0 Å². The van der Waals surface area contributed by atoms with E-state index in [4.69, 9.17) is 0 Å². The number of rotatable bonds is 7. The lowest BCUT2D eigenvalue weighted by atomic mass is 9.81. The Morgan fingerprint density at radius 3 is 2.14 bits per heavy atom. The third-order valence-corrected chi connectivity index (χ3v) is 7.56. The third kappa shape index (κ3) is 6.69. The molecule has 0 spiro atoms. The Labute approximate surface area is 239 Å². The first-order valence-corrected chi connectivity index (χ1v) is 13.3. The Morgan fingerprint density at radius 1 is 0.976 bits per heavy atom. The van der Waals surface area contributed by atoms with Crippen LogP contribution in [0.3, 0.4) is 0 Å². The first-order chi connectivity index (χ1) is 19.5. The maximum Gasteiger partial charge on any atom is 0.416 e. The second-order valence-corrected chi connectivity index (χ2v) is 11.0. The lowest BCUT2D eigenvalue weighted by molar-refractivity contribution is -0.143. The molecule has 1 aliphatic rings. The summed E-state index contributed by atoms with van der Waals surface area (Å²) in [5, 5.41) is 6.62. The van der Waals surface area contributed by atoms with Gasteiger partial charge in [-0.15, -0.1) is 0 Å². The van der Waals surface area contributed by atoms with E-state index in [0.29, 0.717) is 41.2 Å². The van der Waals surface area contributed by atoms with Crippen molar-refractivity contribution in [1.29, 1.82) is 0 Å². The number of amides is 1. The number of nitrogens with zero attached hydrogens (tertiary/aromatic N) is 2. The molecule has 0 aliphatic carbocycles. The van der Waals surface area contributed by atoms with Gasteiger partial charge in [-0.25, -0.2) is 9.37 Å². The van der Waals surface area contributed by atoms with Crippen molar-refractivity contribution in [2.45, 2.75) is 57.4 Å². The number of carbonyl (C=O) groups excluding carboxylic acids is 1. The lowest BCUT2D eigenvalue weighted by Crippen LogP contribution is -2.42. The summed E-state index contributed by atoms with van der Waals surface area (Å²) in [6.45, 7) is 5.72. The van der Waals surface area contributed by atoms with Gasteiger partial charge >= 0.3 is 12.4 Å². The van der Waals surface area contributed by atoms with Crippen LogP contribution in [-0.2, 0) is 22.6 Å². The van der Waals surface area contributed by atoms with Gasteiger partial charge in [0.2, 0.25) is 5.91 Å². The minimum absolute atomic E-state index is 0.0277. The Hall–Kier alpha value is -3.67. The maximum atomic E-state index is 13.9. The number of hydrogen-bond donors (Lipinski definition) is 2. The van der Waals surface area contributed by atoms with Gasteiger partial charge in [0.05, 0.1) is 28.4 Å². The molecule has 2 aromatic carbocycles. The summed E-state index contributed by atoms with van der Waals surface area (Å²) in [7, 11) is 1.37. The second kappa shape index (κ2) is 11.5. The van der Waals surface area contributed by atoms with E-state index in [2.05, 4.69) is 15.6 Å². The highest BCUT2D eigenvalue weighted by atomic mass is 19.4. The first-order valence-electron chi connectivity index (χ1n) is 13.3. The zero-order valence-electron chi connectivity index (χ0n) is 23.5. The van der Waals surface area contributed by atoms with E-state index < -0.39 is 46.2 Å². The Bertz CT molecular complexity index is 1430. The van der Waals surface area contributed by atoms with Gasteiger partial charge in [0.15, 0.2) is 0 Å². The van der Waals surface area contributed by atoms with Gasteiger partial charge in [0, 0.05) is 25.2 Å². The number of nitrogens with one attached hydrogen (secondary N) is 2. The number of halogens is 7. The molecule has 1 fully saturated rings. The fourth-order valence-electron chi connectivity index (χ4n) is 5.08. The van der Waals surface area contributed by atoms with E-state index in [1.54, 1.807) is 13.0 Å². The summed E-state index contributed by atoms with van der Waals surface area (Å²) < 4.78 is 95.2. The van der Waals surface area contributed by atoms with Gasteiger partial charge in [0.25, 0.3) is 0 Å². The lowest BCUT2D eigenvalue weighted by Gasteiger charge is -2.32. The van der Waals surface area contributed by atoms with Crippen LogP contribution in [0.15, 0.2) is 48.7 Å². The largest absolute Gasteiger partial charge is 0.416 e. The summed E-state index contributed by atoms with van der Waals surface area (Å²) in [6, 6.07) is 7.21. The predicted octanol–water partition coefficient (Wildman–Crippen LogP) is 7.34. The molecule has 12 heteroatoms. The van der Waals surface area contributed by atoms with Crippen molar-refractivity contribution in [3.63, 3.8) is 0 Å². The van der Waals surface area contributed by atoms with Crippen LogP contribution in [0.1, 0.15) is 48.9 Å². The van der Waals surface area contributed by atoms with E-state index in [9.17, 15) is 35.5 Å². The molecule has 1 amide bonds. The standard InChI is InChI=1S/C30H31F7N4O/c1-17-10-21(31)7-8-23(17)24-14-26(39-15-22-6-5-9-38-22)40-16-25(24)41(4)27(42)28(2,3)18-11-19(29(32,33)34)13-20(12-18)30(35,36)37/h7-8,10-14,16,22,38H,5-6,9,15H2,1-4H3,(H,39,40). The monoisotopic (exact) mass is 596 g/mol. The van der Waals surface area contributed by atoms with Gasteiger partial charge in [-0.1, -0.05) is 6.07 Å². The van der Waals surface area contributed by atoms with Crippen molar-refractivity contribution in [2.24, 2.45) is 0 Å². The molecule has 0 saturated carbocycles. The first kappa shape index (κ1) is 31.3. The van der Waals surface area contributed by atoms with Gasteiger partial charge < -0.3 is 15.5 Å². The highest BCUT2D eigenvalue weighted by Gasteiger charge is 2.41. The summed E-state index contributed by atoms with van der Waals surface area (Å²) in [6.07, 6.45) is -6.67. The van der Waals surface area contributed by atoms with Crippen LogP contribution >= 0.6 is 0 Å². The van der Waals surface area contributed by atoms with Crippen molar-refractivity contribution < 1.29 is 35.5 Å². The van der Waals surface area contributed by atoms with E-state index in [1.807, 2.05) is 0 Å². The number of likely N-dealkylation sites (N-methyl/N-ethyl adjacent to an activating group) is 1.